The maximum Gasteiger partial charge on any atom is 0.253 e. The van der Waals surface area contributed by atoms with Crippen LogP contribution in [0.15, 0.2) is 72.8 Å². The second kappa shape index (κ2) is 7.97. The Balaban J connectivity index is 1.70. The monoisotopic (exact) mass is 388 g/mol. The second-order valence-corrected chi connectivity index (χ2v) is 7.02. The molecular formula is C24H24N2O3. The van der Waals surface area contributed by atoms with Gasteiger partial charge in [0, 0.05) is 19.2 Å². The summed E-state index contributed by atoms with van der Waals surface area (Å²) < 4.78 is 11.0. The maximum atomic E-state index is 13.5. The minimum atomic E-state index is -0.304. The molecular weight excluding hydrogens is 364 g/mol. The second-order valence-electron chi connectivity index (χ2n) is 7.02. The molecule has 148 valence electrons. The molecule has 5 nitrogen and oxygen atoms in total. The number of carbonyl (C=O) groups is 1. The van der Waals surface area contributed by atoms with Gasteiger partial charge in [-0.1, -0.05) is 60.7 Å². The summed E-state index contributed by atoms with van der Waals surface area (Å²) >= 11 is 0. The van der Waals surface area contributed by atoms with E-state index in [2.05, 4.69) is 0 Å². The van der Waals surface area contributed by atoms with Crippen LogP contribution in [0, 0.1) is 0 Å². The fourth-order valence-corrected chi connectivity index (χ4v) is 4.01. The highest BCUT2D eigenvalue weighted by Gasteiger charge is 2.40. The highest BCUT2D eigenvalue weighted by atomic mass is 16.5. The molecule has 3 aromatic rings. The van der Waals surface area contributed by atoms with E-state index in [1.165, 1.54) is 0 Å². The summed E-state index contributed by atoms with van der Waals surface area (Å²) in [5, 5.41) is 3.70. The molecule has 0 aliphatic carbocycles. The number of para-hydroxylation sites is 2. The summed E-state index contributed by atoms with van der Waals surface area (Å²) in [6.45, 7) is 0.502. The van der Waals surface area contributed by atoms with E-state index in [1.807, 2.05) is 84.9 Å². The van der Waals surface area contributed by atoms with Crippen LogP contribution in [-0.4, -0.2) is 32.2 Å². The normalized spacial score (nSPS) is 15.5. The van der Waals surface area contributed by atoms with Crippen molar-refractivity contribution in [1.82, 2.24) is 5.01 Å². The largest absolute Gasteiger partial charge is 0.493 e. The number of fused-ring (bicyclic) bond motifs is 1. The number of hydrogen-bond acceptors (Lipinski definition) is 4. The molecule has 1 amide bonds. The van der Waals surface area contributed by atoms with Crippen LogP contribution < -0.4 is 14.5 Å². The molecule has 4 rings (SSSR count). The first-order valence-corrected chi connectivity index (χ1v) is 9.54. The molecule has 1 atom stereocenters. The Kier molecular flexibility index (Phi) is 5.23. The van der Waals surface area contributed by atoms with Crippen molar-refractivity contribution in [2.24, 2.45) is 0 Å². The van der Waals surface area contributed by atoms with E-state index in [1.54, 1.807) is 19.2 Å². The average molecular weight is 388 g/mol. The van der Waals surface area contributed by atoms with Gasteiger partial charge in [-0.05, 0) is 23.3 Å². The standard InChI is InChI=1S/C24H24N2O3/c1-25(16-18-12-9-15-21(28-2)23(18)29-3)26-20-14-8-7-13-19(20)22(24(26)27)17-10-5-4-6-11-17/h4-15,22H,16H2,1-3H3/t22-/m0/s1. The van der Waals surface area contributed by atoms with Crippen LogP contribution in [0.5, 0.6) is 11.5 Å². The summed E-state index contributed by atoms with van der Waals surface area (Å²) in [6, 6.07) is 23.7. The molecule has 0 saturated heterocycles. The lowest BCUT2D eigenvalue weighted by atomic mass is 9.93. The van der Waals surface area contributed by atoms with Gasteiger partial charge in [0.15, 0.2) is 11.5 Å². The lowest BCUT2D eigenvalue weighted by Crippen LogP contribution is -2.42. The van der Waals surface area contributed by atoms with Crippen molar-refractivity contribution in [2.75, 3.05) is 26.3 Å². The van der Waals surface area contributed by atoms with Crippen LogP contribution in [0.1, 0.15) is 22.6 Å². The number of ether oxygens (including phenoxy) is 2. The zero-order chi connectivity index (χ0) is 20.4. The van der Waals surface area contributed by atoms with Gasteiger partial charge in [-0.25, -0.2) is 10.0 Å². The minimum absolute atomic E-state index is 0.0433. The summed E-state index contributed by atoms with van der Waals surface area (Å²) in [5.74, 6) is 1.10. The number of carbonyl (C=O) groups excluding carboxylic acids is 1. The highest BCUT2D eigenvalue weighted by Crippen LogP contribution is 2.42. The predicted molar refractivity (Wildman–Crippen MR) is 113 cm³/mol. The minimum Gasteiger partial charge on any atom is -0.493 e. The average Bonchev–Trinajstić information content (AvgIpc) is 3.05. The van der Waals surface area contributed by atoms with Crippen LogP contribution in [0.25, 0.3) is 0 Å². The Hall–Kier alpha value is -3.31. The Morgan fingerprint density at radius 3 is 2.34 bits per heavy atom. The number of benzene rings is 3. The van der Waals surface area contributed by atoms with Crippen LogP contribution in [0.2, 0.25) is 0 Å². The van der Waals surface area contributed by atoms with Gasteiger partial charge in [0.25, 0.3) is 5.91 Å². The van der Waals surface area contributed by atoms with Crippen LogP contribution in [-0.2, 0) is 11.3 Å². The van der Waals surface area contributed by atoms with Crippen molar-refractivity contribution in [3.05, 3.63) is 89.5 Å². The van der Waals surface area contributed by atoms with Crippen LogP contribution in [0.4, 0.5) is 5.69 Å². The molecule has 1 aliphatic heterocycles. The molecule has 0 N–H and O–H groups in total. The molecule has 0 spiro atoms. The smallest absolute Gasteiger partial charge is 0.253 e. The quantitative estimate of drug-likeness (QED) is 0.634. The van der Waals surface area contributed by atoms with Gasteiger partial charge in [-0.3, -0.25) is 4.79 Å². The lowest BCUT2D eigenvalue weighted by molar-refractivity contribution is -0.121. The van der Waals surface area contributed by atoms with Crippen molar-refractivity contribution in [2.45, 2.75) is 12.5 Å². The van der Waals surface area contributed by atoms with Crippen molar-refractivity contribution >= 4 is 11.6 Å². The summed E-state index contributed by atoms with van der Waals surface area (Å²) in [7, 11) is 5.17. The van der Waals surface area contributed by atoms with Gasteiger partial charge in [-0.15, -0.1) is 0 Å². The summed E-state index contributed by atoms with van der Waals surface area (Å²) in [4.78, 5) is 13.5. The highest BCUT2D eigenvalue weighted by molar-refractivity contribution is 6.06. The third-order valence-electron chi connectivity index (χ3n) is 5.29. The Morgan fingerprint density at radius 1 is 0.897 bits per heavy atom. The van der Waals surface area contributed by atoms with E-state index in [-0.39, 0.29) is 11.8 Å². The van der Waals surface area contributed by atoms with Crippen molar-refractivity contribution < 1.29 is 14.3 Å². The molecule has 0 saturated carbocycles. The fraction of sp³-hybridized carbons (Fsp3) is 0.208. The first-order valence-electron chi connectivity index (χ1n) is 9.54. The molecule has 0 aromatic heterocycles. The van der Waals surface area contributed by atoms with Crippen molar-refractivity contribution in [3.63, 3.8) is 0 Å². The van der Waals surface area contributed by atoms with E-state index in [0.717, 1.165) is 22.4 Å². The van der Waals surface area contributed by atoms with Gasteiger partial charge in [0.1, 0.15) is 0 Å². The lowest BCUT2D eigenvalue weighted by Gasteiger charge is -2.29. The first-order chi connectivity index (χ1) is 14.2. The third kappa shape index (κ3) is 3.34. The molecule has 29 heavy (non-hydrogen) atoms. The molecule has 1 heterocycles. The Bertz CT molecular complexity index is 1020. The summed E-state index contributed by atoms with van der Waals surface area (Å²) in [5.41, 5.74) is 3.88. The van der Waals surface area contributed by atoms with E-state index in [4.69, 9.17) is 9.47 Å². The van der Waals surface area contributed by atoms with Crippen LogP contribution >= 0.6 is 0 Å². The SMILES string of the molecule is COc1cccc(CN(C)N2C(=O)[C@@H](c3ccccc3)c3ccccc32)c1OC. The number of nitrogens with zero attached hydrogens (tertiary/aromatic N) is 2. The van der Waals surface area contributed by atoms with Crippen molar-refractivity contribution in [3.8, 4) is 11.5 Å². The van der Waals surface area contributed by atoms with Crippen molar-refractivity contribution in [1.29, 1.82) is 0 Å². The zero-order valence-electron chi connectivity index (χ0n) is 16.8. The zero-order valence-corrected chi connectivity index (χ0v) is 16.8. The number of methoxy groups -OCH3 is 2. The van der Waals surface area contributed by atoms with E-state index < -0.39 is 0 Å². The van der Waals surface area contributed by atoms with Gasteiger partial charge >= 0.3 is 0 Å². The van der Waals surface area contributed by atoms with E-state index >= 15 is 0 Å². The molecule has 5 heteroatoms. The van der Waals surface area contributed by atoms with Gasteiger partial charge in [0.05, 0.1) is 25.8 Å². The van der Waals surface area contributed by atoms with Gasteiger partial charge in [0.2, 0.25) is 0 Å². The summed E-state index contributed by atoms with van der Waals surface area (Å²) in [6.07, 6.45) is 0. The molecule has 0 bridgehead atoms. The fourth-order valence-electron chi connectivity index (χ4n) is 4.01. The number of anilines is 1. The third-order valence-corrected chi connectivity index (χ3v) is 5.29. The predicted octanol–water partition coefficient (Wildman–Crippen LogP) is 4.23. The van der Waals surface area contributed by atoms with Gasteiger partial charge < -0.3 is 9.47 Å². The molecule has 3 aromatic carbocycles. The number of hydrazine groups is 1. The van der Waals surface area contributed by atoms with E-state index in [9.17, 15) is 4.79 Å². The maximum absolute atomic E-state index is 13.5. The first kappa shape index (κ1) is 19.0. The Labute approximate surface area is 171 Å². The Morgan fingerprint density at radius 2 is 1.62 bits per heavy atom. The molecule has 0 unspecified atom stereocenters. The van der Waals surface area contributed by atoms with E-state index in [0.29, 0.717) is 18.0 Å². The van der Waals surface area contributed by atoms with Crippen LogP contribution in [0.3, 0.4) is 0 Å². The number of amides is 1. The number of hydrogen-bond donors (Lipinski definition) is 0. The van der Waals surface area contributed by atoms with Gasteiger partial charge in [-0.2, -0.15) is 0 Å². The molecule has 0 fully saturated rings. The molecule has 1 aliphatic rings. The molecule has 0 radical (unpaired) electrons. The number of rotatable bonds is 6. The topological polar surface area (TPSA) is 42.0 Å².